The molecule has 1 saturated heterocycles. The minimum Gasteiger partial charge on any atom is -0.292 e. The van der Waals surface area contributed by atoms with E-state index in [1.54, 1.807) is 0 Å². The Kier molecular flexibility index (Phi) is 4.60. The molecule has 14 heavy (non-hydrogen) atoms. The number of rotatable bonds is 3. The zero-order valence-corrected chi connectivity index (χ0v) is 11.3. The molecule has 0 aliphatic carbocycles. The van der Waals surface area contributed by atoms with Gasteiger partial charge in [-0.05, 0) is 38.8 Å². The van der Waals surface area contributed by atoms with Crippen LogP contribution in [0.5, 0.6) is 0 Å². The molecular formula is C8H17IN2O2S. The highest BCUT2D eigenvalue weighted by atomic mass is 127. The summed E-state index contributed by atoms with van der Waals surface area (Å²) < 4.78 is 22.3. The van der Waals surface area contributed by atoms with Gasteiger partial charge in [-0.2, -0.15) is 0 Å². The maximum Gasteiger partial charge on any atom is 0.209 e. The Hall–Kier alpha value is 0.600. The summed E-state index contributed by atoms with van der Waals surface area (Å²) in [7, 11) is -3.28. The van der Waals surface area contributed by atoms with E-state index in [-0.39, 0.29) is 11.7 Å². The number of hydrogen-bond acceptors (Lipinski definition) is 3. The van der Waals surface area contributed by atoms with Crippen molar-refractivity contribution >= 4 is 32.6 Å². The van der Waals surface area contributed by atoms with E-state index in [4.69, 9.17) is 5.14 Å². The summed E-state index contributed by atoms with van der Waals surface area (Å²) in [6.07, 6.45) is 1.90. The fourth-order valence-corrected chi connectivity index (χ4v) is 3.35. The van der Waals surface area contributed by atoms with Crippen LogP contribution in [0.1, 0.15) is 19.8 Å². The van der Waals surface area contributed by atoms with Gasteiger partial charge in [0, 0.05) is 0 Å². The number of nitrogens with two attached hydrogens (primary N) is 1. The third-order valence-corrected chi connectivity index (χ3v) is 4.34. The molecule has 0 bridgehead atoms. The lowest BCUT2D eigenvalue weighted by Gasteiger charge is -2.33. The van der Waals surface area contributed by atoms with E-state index < -0.39 is 10.0 Å². The maximum atomic E-state index is 10.9. The Morgan fingerprint density at radius 2 is 2.00 bits per heavy atom. The van der Waals surface area contributed by atoms with E-state index in [9.17, 15) is 8.42 Å². The molecule has 0 aromatic carbocycles. The van der Waals surface area contributed by atoms with Crippen LogP contribution in [0.2, 0.25) is 0 Å². The fraction of sp³-hybridized carbons (Fsp3) is 1.00. The Morgan fingerprint density at radius 1 is 1.50 bits per heavy atom. The SMILES string of the molecule is CC(I)N1CCC(CS(N)(=O)=O)CC1. The zero-order valence-electron chi connectivity index (χ0n) is 8.32. The van der Waals surface area contributed by atoms with Gasteiger partial charge in [0.1, 0.15) is 0 Å². The second kappa shape index (κ2) is 5.09. The molecule has 84 valence electrons. The first-order valence-electron chi connectivity index (χ1n) is 4.77. The number of alkyl halides is 1. The highest BCUT2D eigenvalue weighted by Gasteiger charge is 2.23. The Bertz CT molecular complexity index is 271. The fourth-order valence-electron chi connectivity index (χ4n) is 1.80. The summed E-state index contributed by atoms with van der Waals surface area (Å²) in [6.45, 7) is 4.13. The van der Waals surface area contributed by atoms with Gasteiger partial charge in [0.25, 0.3) is 0 Å². The molecule has 6 heteroatoms. The minimum atomic E-state index is -3.28. The van der Waals surface area contributed by atoms with Gasteiger partial charge in [0.2, 0.25) is 10.0 Å². The van der Waals surface area contributed by atoms with Gasteiger partial charge in [-0.1, -0.05) is 22.6 Å². The highest BCUT2D eigenvalue weighted by Crippen LogP contribution is 2.21. The second-order valence-electron chi connectivity index (χ2n) is 3.88. The standard InChI is InChI=1S/C8H17IN2O2S/c1-7(9)11-4-2-8(3-5-11)6-14(10,12)13/h7-8H,2-6H2,1H3,(H2,10,12,13). The smallest absolute Gasteiger partial charge is 0.209 e. The number of halogens is 1. The molecule has 1 atom stereocenters. The quantitative estimate of drug-likeness (QED) is 0.472. The predicted molar refractivity (Wildman–Crippen MR) is 65.8 cm³/mol. The summed E-state index contributed by atoms with van der Waals surface area (Å²) >= 11 is 2.38. The largest absolute Gasteiger partial charge is 0.292 e. The van der Waals surface area contributed by atoms with Gasteiger partial charge >= 0.3 is 0 Å². The van der Waals surface area contributed by atoms with E-state index in [0.29, 0.717) is 4.05 Å². The molecule has 1 heterocycles. The van der Waals surface area contributed by atoms with Crippen molar-refractivity contribution in [3.05, 3.63) is 0 Å². The molecule has 0 aromatic heterocycles. The molecule has 2 N–H and O–H groups in total. The number of piperidine rings is 1. The van der Waals surface area contributed by atoms with Crippen LogP contribution < -0.4 is 5.14 Å². The summed E-state index contributed by atoms with van der Waals surface area (Å²) in [4.78, 5) is 2.36. The normalized spacial score (nSPS) is 23.6. The molecule has 1 aliphatic rings. The van der Waals surface area contributed by atoms with Crippen molar-refractivity contribution < 1.29 is 8.42 Å². The third kappa shape index (κ3) is 4.41. The van der Waals surface area contributed by atoms with Crippen molar-refractivity contribution in [2.75, 3.05) is 18.8 Å². The molecule has 0 aromatic rings. The van der Waals surface area contributed by atoms with Crippen molar-refractivity contribution in [3.63, 3.8) is 0 Å². The first-order chi connectivity index (χ1) is 6.38. The average molecular weight is 332 g/mol. The molecule has 4 nitrogen and oxygen atoms in total. The van der Waals surface area contributed by atoms with Crippen molar-refractivity contribution in [1.29, 1.82) is 0 Å². The Labute approximate surface area is 99.4 Å². The first kappa shape index (κ1) is 12.7. The molecular weight excluding hydrogens is 315 g/mol. The topological polar surface area (TPSA) is 63.4 Å². The lowest BCUT2D eigenvalue weighted by Crippen LogP contribution is -2.39. The highest BCUT2D eigenvalue weighted by molar-refractivity contribution is 14.1. The van der Waals surface area contributed by atoms with Gasteiger partial charge < -0.3 is 0 Å². The first-order valence-corrected chi connectivity index (χ1v) is 7.73. The van der Waals surface area contributed by atoms with Crippen molar-refractivity contribution in [3.8, 4) is 0 Å². The lowest BCUT2D eigenvalue weighted by atomic mass is 9.99. The number of likely N-dealkylation sites (tertiary alicyclic amines) is 1. The molecule has 1 unspecified atom stereocenters. The Morgan fingerprint density at radius 3 is 2.36 bits per heavy atom. The monoisotopic (exact) mass is 332 g/mol. The minimum absolute atomic E-state index is 0.149. The van der Waals surface area contributed by atoms with Crippen LogP contribution >= 0.6 is 22.6 Å². The van der Waals surface area contributed by atoms with Crippen LogP contribution in [0, 0.1) is 5.92 Å². The van der Waals surface area contributed by atoms with E-state index >= 15 is 0 Å². The Balaban J connectivity index is 2.36. The van der Waals surface area contributed by atoms with Crippen molar-refractivity contribution in [2.24, 2.45) is 11.1 Å². The molecule has 1 aliphatic heterocycles. The van der Waals surface area contributed by atoms with E-state index in [1.807, 2.05) is 0 Å². The maximum absolute atomic E-state index is 10.9. The van der Waals surface area contributed by atoms with Crippen LogP contribution in [-0.4, -0.2) is 36.2 Å². The van der Waals surface area contributed by atoms with Gasteiger partial charge in [-0.3, -0.25) is 4.90 Å². The number of nitrogens with zero attached hydrogens (tertiary/aromatic N) is 1. The summed E-state index contributed by atoms with van der Waals surface area (Å²) in [5.41, 5.74) is 0. The number of sulfonamides is 1. The molecule has 0 radical (unpaired) electrons. The second-order valence-corrected chi connectivity index (χ2v) is 7.34. The van der Waals surface area contributed by atoms with Gasteiger partial charge in [-0.25, -0.2) is 13.6 Å². The predicted octanol–water partition coefficient (Wildman–Crippen LogP) is 0.768. The van der Waals surface area contributed by atoms with Crippen LogP contribution in [0.4, 0.5) is 0 Å². The molecule has 0 amide bonds. The lowest BCUT2D eigenvalue weighted by molar-refractivity contribution is 0.194. The zero-order chi connectivity index (χ0) is 10.8. The molecule has 1 rings (SSSR count). The van der Waals surface area contributed by atoms with Gasteiger partial charge in [0.15, 0.2) is 0 Å². The van der Waals surface area contributed by atoms with Gasteiger partial charge in [0.05, 0.1) is 9.80 Å². The van der Waals surface area contributed by atoms with Crippen LogP contribution in [-0.2, 0) is 10.0 Å². The van der Waals surface area contributed by atoms with E-state index in [0.717, 1.165) is 25.9 Å². The summed E-state index contributed by atoms with van der Waals surface area (Å²) in [5, 5.41) is 5.02. The average Bonchev–Trinajstić information content (AvgIpc) is 2.02. The molecule has 1 fully saturated rings. The van der Waals surface area contributed by atoms with Crippen molar-refractivity contribution in [1.82, 2.24) is 4.90 Å². The van der Waals surface area contributed by atoms with E-state index in [1.165, 1.54) is 0 Å². The summed E-state index contributed by atoms with van der Waals surface area (Å²) in [6, 6.07) is 0. The van der Waals surface area contributed by atoms with E-state index in [2.05, 4.69) is 34.4 Å². The van der Waals surface area contributed by atoms with Gasteiger partial charge in [-0.15, -0.1) is 0 Å². The summed E-state index contributed by atoms with van der Waals surface area (Å²) in [5.74, 6) is 0.410. The molecule has 0 spiro atoms. The molecule has 0 saturated carbocycles. The number of primary sulfonamides is 1. The van der Waals surface area contributed by atoms with Crippen LogP contribution in [0.3, 0.4) is 0 Å². The van der Waals surface area contributed by atoms with Crippen molar-refractivity contribution in [2.45, 2.75) is 23.8 Å². The third-order valence-electron chi connectivity index (χ3n) is 2.62. The van der Waals surface area contributed by atoms with Crippen LogP contribution in [0.25, 0.3) is 0 Å². The van der Waals surface area contributed by atoms with Crippen LogP contribution in [0.15, 0.2) is 0 Å². The number of hydrogen-bond donors (Lipinski definition) is 1.